The van der Waals surface area contributed by atoms with Crippen LogP contribution in [0.5, 0.6) is 5.75 Å². The molecular weight excluding hydrogens is 212 g/mol. The van der Waals surface area contributed by atoms with E-state index in [1.165, 1.54) is 25.0 Å². The SMILES string of the molecule is Fc1cccc(OCCN2CCCC2)c1F. The van der Waals surface area contributed by atoms with Crippen LogP contribution in [0, 0.1) is 11.6 Å². The Balaban J connectivity index is 1.82. The molecule has 0 N–H and O–H groups in total. The van der Waals surface area contributed by atoms with Crippen LogP contribution in [0.15, 0.2) is 18.2 Å². The summed E-state index contributed by atoms with van der Waals surface area (Å²) in [7, 11) is 0. The molecule has 2 rings (SSSR count). The van der Waals surface area contributed by atoms with Crippen LogP contribution < -0.4 is 4.74 Å². The van der Waals surface area contributed by atoms with Gasteiger partial charge in [0.15, 0.2) is 11.6 Å². The lowest BCUT2D eigenvalue weighted by Gasteiger charge is -2.15. The number of ether oxygens (including phenoxy) is 1. The average Bonchev–Trinajstić information content (AvgIpc) is 2.77. The monoisotopic (exact) mass is 227 g/mol. The third kappa shape index (κ3) is 2.70. The Labute approximate surface area is 93.8 Å². The first-order valence-corrected chi connectivity index (χ1v) is 5.56. The summed E-state index contributed by atoms with van der Waals surface area (Å²) in [4.78, 5) is 2.26. The van der Waals surface area contributed by atoms with Gasteiger partial charge < -0.3 is 4.74 Å². The quantitative estimate of drug-likeness (QED) is 0.783. The lowest BCUT2D eigenvalue weighted by molar-refractivity contribution is 0.229. The van der Waals surface area contributed by atoms with Crippen LogP contribution in [0.1, 0.15) is 12.8 Å². The topological polar surface area (TPSA) is 12.5 Å². The summed E-state index contributed by atoms with van der Waals surface area (Å²) in [6, 6.07) is 3.98. The van der Waals surface area contributed by atoms with E-state index in [1.54, 1.807) is 0 Å². The van der Waals surface area contributed by atoms with Crippen LogP contribution in [0.3, 0.4) is 0 Å². The number of likely N-dealkylation sites (tertiary alicyclic amines) is 1. The highest BCUT2D eigenvalue weighted by Crippen LogP contribution is 2.19. The maximum absolute atomic E-state index is 13.2. The Morgan fingerprint density at radius 1 is 1.19 bits per heavy atom. The Morgan fingerprint density at radius 3 is 2.69 bits per heavy atom. The minimum absolute atomic E-state index is 0.000744. The molecule has 0 aliphatic carbocycles. The van der Waals surface area contributed by atoms with E-state index in [2.05, 4.69) is 4.90 Å². The fraction of sp³-hybridized carbons (Fsp3) is 0.500. The lowest BCUT2D eigenvalue weighted by Crippen LogP contribution is -2.25. The van der Waals surface area contributed by atoms with Crippen molar-refractivity contribution in [2.24, 2.45) is 0 Å². The first-order valence-electron chi connectivity index (χ1n) is 5.56. The van der Waals surface area contributed by atoms with E-state index in [1.807, 2.05) is 0 Å². The van der Waals surface area contributed by atoms with Crippen LogP contribution in [-0.4, -0.2) is 31.1 Å². The Hall–Kier alpha value is -1.16. The Morgan fingerprint density at radius 2 is 1.94 bits per heavy atom. The van der Waals surface area contributed by atoms with Gasteiger partial charge in [0.1, 0.15) is 6.61 Å². The van der Waals surface area contributed by atoms with Crippen molar-refractivity contribution in [3.8, 4) is 5.75 Å². The van der Waals surface area contributed by atoms with Crippen molar-refractivity contribution in [2.45, 2.75) is 12.8 Å². The second-order valence-corrected chi connectivity index (χ2v) is 3.95. The molecule has 0 aromatic heterocycles. The van der Waals surface area contributed by atoms with Gasteiger partial charge in [0.05, 0.1) is 0 Å². The second kappa shape index (κ2) is 5.25. The first-order chi connectivity index (χ1) is 7.77. The molecule has 2 nitrogen and oxygen atoms in total. The van der Waals surface area contributed by atoms with Gasteiger partial charge in [-0.1, -0.05) is 6.07 Å². The molecule has 1 aliphatic rings. The lowest BCUT2D eigenvalue weighted by atomic mass is 10.3. The fourth-order valence-corrected chi connectivity index (χ4v) is 1.89. The summed E-state index contributed by atoms with van der Waals surface area (Å²) < 4.78 is 31.3. The molecule has 1 aliphatic heterocycles. The average molecular weight is 227 g/mol. The van der Waals surface area contributed by atoms with Gasteiger partial charge in [-0.05, 0) is 38.1 Å². The molecule has 0 spiro atoms. The molecule has 16 heavy (non-hydrogen) atoms. The molecule has 1 aromatic carbocycles. The van der Waals surface area contributed by atoms with Crippen molar-refractivity contribution in [1.29, 1.82) is 0 Å². The van der Waals surface area contributed by atoms with E-state index in [-0.39, 0.29) is 5.75 Å². The molecule has 1 heterocycles. The van der Waals surface area contributed by atoms with Gasteiger partial charge in [0.25, 0.3) is 0 Å². The summed E-state index contributed by atoms with van der Waals surface area (Å²) in [5.41, 5.74) is 0. The molecule has 1 aromatic rings. The van der Waals surface area contributed by atoms with Crippen LogP contribution in [-0.2, 0) is 0 Å². The molecule has 0 amide bonds. The third-order valence-electron chi connectivity index (χ3n) is 2.78. The minimum Gasteiger partial charge on any atom is -0.489 e. The largest absolute Gasteiger partial charge is 0.489 e. The third-order valence-corrected chi connectivity index (χ3v) is 2.78. The summed E-state index contributed by atoms with van der Waals surface area (Å²) >= 11 is 0. The van der Waals surface area contributed by atoms with E-state index >= 15 is 0 Å². The summed E-state index contributed by atoms with van der Waals surface area (Å²) in [6.07, 6.45) is 2.43. The maximum Gasteiger partial charge on any atom is 0.200 e. The number of rotatable bonds is 4. The molecule has 0 radical (unpaired) electrons. The number of hydrogen-bond donors (Lipinski definition) is 0. The summed E-state index contributed by atoms with van der Waals surface area (Å²) in [5.74, 6) is -1.76. The summed E-state index contributed by atoms with van der Waals surface area (Å²) in [5, 5.41) is 0. The highest BCUT2D eigenvalue weighted by atomic mass is 19.2. The van der Waals surface area contributed by atoms with Crippen molar-refractivity contribution in [3.05, 3.63) is 29.8 Å². The van der Waals surface area contributed by atoms with Crippen LogP contribution in [0.25, 0.3) is 0 Å². The van der Waals surface area contributed by atoms with Crippen LogP contribution in [0.2, 0.25) is 0 Å². The van der Waals surface area contributed by atoms with Crippen molar-refractivity contribution in [1.82, 2.24) is 4.90 Å². The smallest absolute Gasteiger partial charge is 0.200 e. The molecular formula is C12H15F2NO. The predicted molar refractivity (Wildman–Crippen MR) is 57.5 cm³/mol. The first kappa shape index (κ1) is 11.3. The van der Waals surface area contributed by atoms with E-state index in [0.717, 1.165) is 25.7 Å². The molecule has 0 bridgehead atoms. The molecule has 0 saturated carbocycles. The van der Waals surface area contributed by atoms with Crippen molar-refractivity contribution < 1.29 is 13.5 Å². The van der Waals surface area contributed by atoms with E-state index in [0.29, 0.717) is 6.61 Å². The summed E-state index contributed by atoms with van der Waals surface area (Å²) in [6.45, 7) is 3.33. The molecule has 4 heteroatoms. The molecule has 0 unspecified atom stereocenters. The van der Waals surface area contributed by atoms with Gasteiger partial charge in [0.2, 0.25) is 5.82 Å². The van der Waals surface area contributed by atoms with Gasteiger partial charge in [-0.2, -0.15) is 4.39 Å². The fourth-order valence-electron chi connectivity index (χ4n) is 1.89. The highest BCUT2D eigenvalue weighted by molar-refractivity contribution is 5.24. The van der Waals surface area contributed by atoms with Crippen LogP contribution in [0.4, 0.5) is 8.78 Å². The standard InChI is InChI=1S/C12H15F2NO/c13-10-4-3-5-11(12(10)14)16-9-8-15-6-1-2-7-15/h3-5H,1-2,6-9H2. The van der Waals surface area contributed by atoms with E-state index < -0.39 is 11.6 Å². The number of hydrogen-bond acceptors (Lipinski definition) is 2. The number of benzene rings is 1. The number of nitrogens with zero attached hydrogens (tertiary/aromatic N) is 1. The molecule has 1 saturated heterocycles. The van der Waals surface area contributed by atoms with Crippen molar-refractivity contribution >= 4 is 0 Å². The maximum atomic E-state index is 13.2. The van der Waals surface area contributed by atoms with Gasteiger partial charge in [0, 0.05) is 6.54 Å². The van der Waals surface area contributed by atoms with Crippen molar-refractivity contribution in [2.75, 3.05) is 26.2 Å². The van der Waals surface area contributed by atoms with Crippen molar-refractivity contribution in [3.63, 3.8) is 0 Å². The zero-order valence-corrected chi connectivity index (χ0v) is 9.09. The van der Waals surface area contributed by atoms with Gasteiger partial charge in [-0.15, -0.1) is 0 Å². The molecule has 0 atom stereocenters. The normalized spacial score (nSPS) is 16.6. The molecule has 88 valence electrons. The van der Waals surface area contributed by atoms with E-state index in [9.17, 15) is 8.78 Å². The van der Waals surface area contributed by atoms with Gasteiger partial charge in [-0.25, -0.2) is 4.39 Å². The highest BCUT2D eigenvalue weighted by Gasteiger charge is 2.12. The zero-order chi connectivity index (χ0) is 11.4. The van der Waals surface area contributed by atoms with Gasteiger partial charge >= 0.3 is 0 Å². The molecule has 1 fully saturated rings. The Kier molecular flexibility index (Phi) is 3.72. The Bertz CT molecular complexity index is 351. The van der Waals surface area contributed by atoms with Gasteiger partial charge in [-0.3, -0.25) is 4.90 Å². The number of halogens is 2. The predicted octanol–water partition coefficient (Wildman–Crippen LogP) is 2.44. The second-order valence-electron chi connectivity index (χ2n) is 3.95. The van der Waals surface area contributed by atoms with Crippen LogP contribution >= 0.6 is 0 Å². The van der Waals surface area contributed by atoms with E-state index in [4.69, 9.17) is 4.74 Å². The minimum atomic E-state index is -0.899. The zero-order valence-electron chi connectivity index (χ0n) is 9.09.